The maximum absolute atomic E-state index is 6.92. The molecule has 0 unspecified atom stereocenters. The largest absolute Gasteiger partial charge is 0.339 e. The molecule has 0 atom stereocenters. The van der Waals surface area contributed by atoms with Gasteiger partial charge in [-0.3, -0.25) is 5.41 Å². The average Bonchev–Trinajstić information content (AvgIpc) is 1.90. The van der Waals surface area contributed by atoms with Gasteiger partial charge < -0.3 is 9.80 Å². The van der Waals surface area contributed by atoms with Gasteiger partial charge in [0.25, 0.3) is 0 Å². The summed E-state index contributed by atoms with van der Waals surface area (Å²) in [4.78, 5) is 3.81. The van der Waals surface area contributed by atoms with Gasteiger partial charge >= 0.3 is 0 Å². The molecular weight excluding hydrogens is 126 g/mol. The maximum Gasteiger partial charge on any atom is 0.0857 e. The molecule has 10 heavy (non-hydrogen) atoms. The highest BCUT2D eigenvalue weighted by Gasteiger charge is 1.93. The van der Waals surface area contributed by atoms with Crippen LogP contribution in [0.25, 0.3) is 0 Å². The standard InChI is InChI=1S/C7H15N3/c1-4-10(7-8)6-5-9(2)3/h4,7-8H,1,5-6H2,2-3H3. The van der Waals surface area contributed by atoms with E-state index in [0.29, 0.717) is 0 Å². The fourth-order valence-electron chi connectivity index (χ4n) is 0.524. The fourth-order valence-corrected chi connectivity index (χ4v) is 0.524. The Morgan fingerprint density at radius 3 is 2.30 bits per heavy atom. The molecule has 0 aliphatic rings. The summed E-state index contributed by atoms with van der Waals surface area (Å²) < 4.78 is 0. The maximum atomic E-state index is 6.92. The Kier molecular flexibility index (Phi) is 4.58. The van der Waals surface area contributed by atoms with Crippen molar-refractivity contribution in [3.05, 3.63) is 12.8 Å². The van der Waals surface area contributed by atoms with Gasteiger partial charge in [0, 0.05) is 13.1 Å². The van der Waals surface area contributed by atoms with Gasteiger partial charge in [-0.2, -0.15) is 0 Å². The average molecular weight is 141 g/mol. The topological polar surface area (TPSA) is 30.3 Å². The van der Waals surface area contributed by atoms with Crippen molar-refractivity contribution >= 4 is 6.34 Å². The number of rotatable bonds is 5. The van der Waals surface area contributed by atoms with E-state index in [9.17, 15) is 0 Å². The van der Waals surface area contributed by atoms with Crippen LogP contribution in [0.4, 0.5) is 0 Å². The molecule has 0 amide bonds. The molecule has 0 spiro atoms. The highest BCUT2D eigenvalue weighted by Crippen LogP contribution is 1.83. The first-order valence-electron chi connectivity index (χ1n) is 3.24. The lowest BCUT2D eigenvalue weighted by Crippen LogP contribution is -2.26. The molecule has 0 rings (SSSR count). The zero-order valence-electron chi connectivity index (χ0n) is 6.67. The van der Waals surface area contributed by atoms with E-state index >= 15 is 0 Å². The Morgan fingerprint density at radius 1 is 1.40 bits per heavy atom. The first kappa shape index (κ1) is 9.17. The first-order chi connectivity index (χ1) is 4.70. The van der Waals surface area contributed by atoms with Gasteiger partial charge in [0.15, 0.2) is 0 Å². The lowest BCUT2D eigenvalue weighted by Gasteiger charge is -2.16. The Labute approximate surface area is 62.4 Å². The predicted molar refractivity (Wildman–Crippen MR) is 44.2 cm³/mol. The van der Waals surface area contributed by atoms with Gasteiger partial charge in [-0.25, -0.2) is 0 Å². The molecule has 0 bridgehead atoms. The van der Waals surface area contributed by atoms with Crippen LogP contribution in [0.15, 0.2) is 12.8 Å². The Bertz CT molecular complexity index is 101. The SMILES string of the molecule is C=CN(C=N)CCN(C)C. The number of hydrogen-bond donors (Lipinski definition) is 1. The minimum atomic E-state index is 0.833. The van der Waals surface area contributed by atoms with Crippen LogP contribution < -0.4 is 0 Å². The smallest absolute Gasteiger partial charge is 0.0857 e. The summed E-state index contributed by atoms with van der Waals surface area (Å²) in [6, 6.07) is 0. The van der Waals surface area contributed by atoms with Crippen LogP contribution in [0.2, 0.25) is 0 Å². The molecular formula is C7H15N3. The number of nitrogens with zero attached hydrogens (tertiary/aromatic N) is 2. The van der Waals surface area contributed by atoms with Crippen molar-refractivity contribution in [2.75, 3.05) is 27.2 Å². The third kappa shape index (κ3) is 4.09. The van der Waals surface area contributed by atoms with E-state index in [0.717, 1.165) is 13.1 Å². The van der Waals surface area contributed by atoms with E-state index in [-0.39, 0.29) is 0 Å². The van der Waals surface area contributed by atoms with Crippen molar-refractivity contribution in [3.63, 3.8) is 0 Å². The highest BCUT2D eigenvalue weighted by molar-refractivity contribution is 5.52. The van der Waals surface area contributed by atoms with E-state index in [2.05, 4.69) is 11.5 Å². The van der Waals surface area contributed by atoms with E-state index in [4.69, 9.17) is 5.41 Å². The van der Waals surface area contributed by atoms with Gasteiger partial charge in [0.1, 0.15) is 0 Å². The Hall–Kier alpha value is -0.830. The molecule has 0 fully saturated rings. The molecule has 0 saturated heterocycles. The second-order valence-electron chi connectivity index (χ2n) is 2.35. The van der Waals surface area contributed by atoms with Gasteiger partial charge in [-0.1, -0.05) is 6.58 Å². The minimum Gasteiger partial charge on any atom is -0.339 e. The molecule has 1 N–H and O–H groups in total. The number of hydrogen-bond acceptors (Lipinski definition) is 2. The zero-order chi connectivity index (χ0) is 7.98. The van der Waals surface area contributed by atoms with Crippen LogP contribution in [0, 0.1) is 5.41 Å². The normalized spacial score (nSPS) is 9.50. The van der Waals surface area contributed by atoms with Crippen LogP contribution in [0.3, 0.4) is 0 Å². The molecule has 0 aromatic heterocycles. The molecule has 0 aromatic rings. The third-order valence-corrected chi connectivity index (χ3v) is 1.21. The molecule has 0 saturated carbocycles. The van der Waals surface area contributed by atoms with Crippen LogP contribution in [-0.4, -0.2) is 43.3 Å². The summed E-state index contributed by atoms with van der Waals surface area (Å²) in [6.07, 6.45) is 2.92. The number of nitrogens with one attached hydrogen (secondary N) is 1. The van der Waals surface area contributed by atoms with Crippen molar-refractivity contribution in [3.8, 4) is 0 Å². The van der Waals surface area contributed by atoms with Crippen molar-refractivity contribution in [2.45, 2.75) is 0 Å². The van der Waals surface area contributed by atoms with Crippen LogP contribution in [-0.2, 0) is 0 Å². The van der Waals surface area contributed by atoms with Crippen LogP contribution in [0.5, 0.6) is 0 Å². The lowest BCUT2D eigenvalue weighted by atomic mass is 10.5. The molecule has 0 aromatic carbocycles. The minimum absolute atomic E-state index is 0.833. The summed E-state index contributed by atoms with van der Waals surface area (Å²) in [5, 5.41) is 6.92. The van der Waals surface area contributed by atoms with E-state index in [1.54, 1.807) is 11.1 Å². The lowest BCUT2D eigenvalue weighted by molar-refractivity contribution is 0.372. The van der Waals surface area contributed by atoms with Crippen molar-refractivity contribution in [2.24, 2.45) is 0 Å². The molecule has 0 aliphatic heterocycles. The Morgan fingerprint density at radius 2 is 2.00 bits per heavy atom. The van der Waals surface area contributed by atoms with Gasteiger partial charge in [-0.05, 0) is 20.3 Å². The van der Waals surface area contributed by atoms with Crippen molar-refractivity contribution in [1.29, 1.82) is 5.41 Å². The fraction of sp³-hybridized carbons (Fsp3) is 0.571. The van der Waals surface area contributed by atoms with Crippen LogP contribution >= 0.6 is 0 Å². The second kappa shape index (κ2) is 4.99. The summed E-state index contributed by atoms with van der Waals surface area (Å²) >= 11 is 0. The molecule has 0 radical (unpaired) electrons. The molecule has 0 aliphatic carbocycles. The van der Waals surface area contributed by atoms with Crippen LogP contribution in [0.1, 0.15) is 0 Å². The van der Waals surface area contributed by atoms with Crippen molar-refractivity contribution < 1.29 is 0 Å². The Balaban J connectivity index is 3.44. The summed E-state index contributed by atoms with van der Waals surface area (Å²) in [5.74, 6) is 0. The summed E-state index contributed by atoms with van der Waals surface area (Å²) in [7, 11) is 4.01. The van der Waals surface area contributed by atoms with Crippen molar-refractivity contribution in [1.82, 2.24) is 9.80 Å². The molecule has 3 nitrogen and oxygen atoms in total. The molecule has 3 heteroatoms. The number of likely N-dealkylation sites (N-methyl/N-ethyl adjacent to an activating group) is 1. The quantitative estimate of drug-likeness (QED) is 0.449. The van der Waals surface area contributed by atoms with E-state index < -0.39 is 0 Å². The summed E-state index contributed by atoms with van der Waals surface area (Å²) in [6.45, 7) is 5.35. The third-order valence-electron chi connectivity index (χ3n) is 1.21. The van der Waals surface area contributed by atoms with Gasteiger partial charge in [0.05, 0.1) is 6.34 Å². The first-order valence-corrected chi connectivity index (χ1v) is 3.24. The molecule has 58 valence electrons. The summed E-state index contributed by atoms with van der Waals surface area (Å²) in [5.41, 5.74) is 0. The van der Waals surface area contributed by atoms with Gasteiger partial charge in [-0.15, -0.1) is 0 Å². The highest BCUT2D eigenvalue weighted by atomic mass is 15.2. The second-order valence-corrected chi connectivity index (χ2v) is 2.35. The predicted octanol–water partition coefficient (Wildman–Crippen LogP) is 0.601. The van der Waals surface area contributed by atoms with Gasteiger partial charge in [0.2, 0.25) is 0 Å². The van der Waals surface area contributed by atoms with E-state index in [1.807, 2.05) is 14.1 Å². The zero-order valence-corrected chi connectivity index (χ0v) is 6.67. The molecule has 0 heterocycles. The van der Waals surface area contributed by atoms with E-state index in [1.165, 1.54) is 6.34 Å². The monoisotopic (exact) mass is 141 g/mol.